The molecule has 1 unspecified atom stereocenters. The average molecular weight is 339 g/mol. The Morgan fingerprint density at radius 1 is 0.840 bits per heavy atom. The molecule has 3 heterocycles. The molecule has 6 nitrogen and oxygen atoms in total. The van der Waals surface area contributed by atoms with Gasteiger partial charge in [-0.15, -0.1) is 0 Å². The molecule has 1 aliphatic carbocycles. The van der Waals surface area contributed by atoms with Crippen LogP contribution in [-0.2, 0) is 9.59 Å². The number of amides is 4. The monoisotopic (exact) mass is 339 g/mol. The fraction of sp³-hybridized carbons (Fsp3) is 0.526. The van der Waals surface area contributed by atoms with Crippen molar-refractivity contribution in [2.24, 2.45) is 0 Å². The van der Waals surface area contributed by atoms with E-state index in [1.165, 1.54) is 4.90 Å². The molecular formula is C19H21N3O3. The Labute approximate surface area is 146 Å². The van der Waals surface area contributed by atoms with Gasteiger partial charge in [0.25, 0.3) is 5.91 Å². The Morgan fingerprint density at radius 2 is 1.56 bits per heavy atom. The second kappa shape index (κ2) is 5.31. The van der Waals surface area contributed by atoms with E-state index in [2.05, 4.69) is 0 Å². The zero-order valence-electron chi connectivity index (χ0n) is 14.0. The van der Waals surface area contributed by atoms with Gasteiger partial charge in [-0.2, -0.15) is 0 Å². The van der Waals surface area contributed by atoms with Crippen LogP contribution < -0.4 is 0 Å². The first-order chi connectivity index (χ1) is 12.1. The molecule has 5 rings (SSSR count). The lowest BCUT2D eigenvalue weighted by Crippen LogP contribution is -2.43. The number of carbonyl (C=O) groups excluding carboxylic acids is 3. The molecule has 4 amide bonds. The van der Waals surface area contributed by atoms with Crippen LogP contribution in [0.2, 0.25) is 0 Å². The van der Waals surface area contributed by atoms with Crippen molar-refractivity contribution in [1.82, 2.24) is 14.7 Å². The third kappa shape index (κ3) is 2.19. The highest BCUT2D eigenvalue weighted by Gasteiger charge is 2.55. The van der Waals surface area contributed by atoms with Gasteiger partial charge < -0.3 is 9.80 Å². The van der Waals surface area contributed by atoms with Crippen LogP contribution in [0.5, 0.6) is 0 Å². The Bertz CT molecular complexity index is 746. The molecule has 6 heteroatoms. The van der Waals surface area contributed by atoms with Crippen LogP contribution in [0, 0.1) is 0 Å². The fourth-order valence-electron chi connectivity index (χ4n) is 4.66. The first kappa shape index (κ1) is 14.9. The van der Waals surface area contributed by atoms with Crippen LogP contribution in [0.3, 0.4) is 0 Å². The molecule has 3 saturated heterocycles. The number of likely N-dealkylation sites (tertiary alicyclic amines) is 1. The standard InChI is InChI=1S/C19H21N3O3/c23-17-10-14(11-20(17)13-6-7-13)21-18(24)16-9-8-15(22(16)19(21)25)12-4-2-1-3-5-12/h1-5,13-16H,6-11H2/t14?,15-,16-/m0/s1. The summed E-state index contributed by atoms with van der Waals surface area (Å²) in [5.41, 5.74) is 1.08. The molecular weight excluding hydrogens is 318 g/mol. The molecule has 0 radical (unpaired) electrons. The van der Waals surface area contributed by atoms with Crippen molar-refractivity contribution in [2.45, 2.75) is 56.3 Å². The van der Waals surface area contributed by atoms with Gasteiger partial charge in [-0.1, -0.05) is 30.3 Å². The highest BCUT2D eigenvalue weighted by molar-refractivity contribution is 6.05. The van der Waals surface area contributed by atoms with E-state index in [0.717, 1.165) is 24.8 Å². The molecule has 1 aromatic carbocycles. The summed E-state index contributed by atoms with van der Waals surface area (Å²) in [6.07, 6.45) is 3.90. The molecule has 0 N–H and O–H groups in total. The normalized spacial score (nSPS) is 32.1. The van der Waals surface area contributed by atoms with Crippen molar-refractivity contribution < 1.29 is 14.4 Å². The van der Waals surface area contributed by atoms with E-state index in [-0.39, 0.29) is 42.4 Å². The number of hydrogen-bond acceptors (Lipinski definition) is 3. The second-order valence-electron chi connectivity index (χ2n) is 7.55. The topological polar surface area (TPSA) is 60.9 Å². The number of nitrogens with zero attached hydrogens (tertiary/aromatic N) is 3. The minimum Gasteiger partial charge on any atom is -0.338 e. The van der Waals surface area contributed by atoms with E-state index in [1.807, 2.05) is 35.2 Å². The predicted molar refractivity (Wildman–Crippen MR) is 89.4 cm³/mol. The maximum atomic E-state index is 13.1. The van der Waals surface area contributed by atoms with E-state index in [4.69, 9.17) is 0 Å². The lowest BCUT2D eigenvalue weighted by atomic mass is 10.0. The molecule has 130 valence electrons. The number of hydrogen-bond donors (Lipinski definition) is 0. The number of urea groups is 1. The van der Waals surface area contributed by atoms with Crippen LogP contribution >= 0.6 is 0 Å². The van der Waals surface area contributed by atoms with Gasteiger partial charge in [-0.25, -0.2) is 4.79 Å². The van der Waals surface area contributed by atoms with E-state index in [1.54, 1.807) is 4.90 Å². The molecule has 1 aromatic rings. The summed E-state index contributed by atoms with van der Waals surface area (Å²) >= 11 is 0. The van der Waals surface area contributed by atoms with Crippen molar-refractivity contribution in [3.05, 3.63) is 35.9 Å². The number of rotatable bonds is 3. The highest BCUT2D eigenvalue weighted by atomic mass is 16.2. The molecule has 1 saturated carbocycles. The van der Waals surface area contributed by atoms with Crippen LogP contribution in [0.4, 0.5) is 4.79 Å². The minimum atomic E-state index is -0.359. The fourth-order valence-corrected chi connectivity index (χ4v) is 4.66. The van der Waals surface area contributed by atoms with E-state index < -0.39 is 0 Å². The number of imide groups is 1. The van der Waals surface area contributed by atoms with Gasteiger partial charge in [0.05, 0.1) is 12.1 Å². The smallest absolute Gasteiger partial charge is 0.328 e. The number of fused-ring (bicyclic) bond motifs is 1. The number of benzene rings is 1. The van der Waals surface area contributed by atoms with Crippen molar-refractivity contribution >= 4 is 17.8 Å². The van der Waals surface area contributed by atoms with Crippen molar-refractivity contribution in [3.63, 3.8) is 0 Å². The van der Waals surface area contributed by atoms with Crippen molar-refractivity contribution in [3.8, 4) is 0 Å². The molecule has 0 bridgehead atoms. The lowest BCUT2D eigenvalue weighted by molar-refractivity contribution is -0.129. The quantitative estimate of drug-likeness (QED) is 0.791. The predicted octanol–water partition coefficient (Wildman–Crippen LogP) is 1.92. The molecule has 4 aliphatic rings. The van der Waals surface area contributed by atoms with Crippen LogP contribution in [0.15, 0.2) is 30.3 Å². The van der Waals surface area contributed by atoms with Gasteiger partial charge in [0.15, 0.2) is 0 Å². The van der Waals surface area contributed by atoms with Gasteiger partial charge in [0.2, 0.25) is 5.91 Å². The third-order valence-corrected chi connectivity index (χ3v) is 6.01. The van der Waals surface area contributed by atoms with Crippen LogP contribution in [0.25, 0.3) is 0 Å². The van der Waals surface area contributed by atoms with E-state index in [9.17, 15) is 14.4 Å². The second-order valence-corrected chi connectivity index (χ2v) is 7.55. The average Bonchev–Trinajstić information content (AvgIpc) is 3.16. The van der Waals surface area contributed by atoms with E-state index >= 15 is 0 Å². The summed E-state index contributed by atoms with van der Waals surface area (Å²) in [5.74, 6) is -0.0290. The Kier molecular flexibility index (Phi) is 3.17. The molecule has 3 atom stereocenters. The van der Waals surface area contributed by atoms with Crippen LogP contribution in [-0.4, -0.2) is 57.2 Å². The first-order valence-electron chi connectivity index (χ1n) is 9.15. The first-order valence-corrected chi connectivity index (χ1v) is 9.15. The van der Waals surface area contributed by atoms with Crippen LogP contribution in [0.1, 0.15) is 43.7 Å². The SMILES string of the molecule is O=C1CC(N2C(=O)[C@@H]3CC[C@@H](c4ccccc4)N3C2=O)CN1C1CC1. The molecule has 0 spiro atoms. The molecule has 4 fully saturated rings. The van der Waals surface area contributed by atoms with Crippen molar-refractivity contribution in [1.29, 1.82) is 0 Å². The third-order valence-electron chi connectivity index (χ3n) is 6.01. The molecule has 25 heavy (non-hydrogen) atoms. The van der Waals surface area contributed by atoms with Gasteiger partial charge in [-0.05, 0) is 31.2 Å². The lowest BCUT2D eigenvalue weighted by Gasteiger charge is -2.26. The largest absolute Gasteiger partial charge is 0.338 e. The summed E-state index contributed by atoms with van der Waals surface area (Å²) in [6.45, 7) is 0.511. The van der Waals surface area contributed by atoms with Gasteiger partial charge in [-0.3, -0.25) is 14.5 Å². The molecule has 0 aromatic heterocycles. The van der Waals surface area contributed by atoms with Gasteiger partial charge in [0, 0.05) is 19.0 Å². The maximum Gasteiger partial charge on any atom is 0.328 e. The maximum absolute atomic E-state index is 13.1. The summed E-state index contributed by atoms with van der Waals surface area (Å²) in [7, 11) is 0. The van der Waals surface area contributed by atoms with E-state index in [0.29, 0.717) is 19.0 Å². The summed E-state index contributed by atoms with van der Waals surface area (Å²) in [6, 6.07) is 9.34. The summed E-state index contributed by atoms with van der Waals surface area (Å²) in [5, 5.41) is 0. The summed E-state index contributed by atoms with van der Waals surface area (Å²) < 4.78 is 0. The Morgan fingerprint density at radius 3 is 2.28 bits per heavy atom. The molecule has 3 aliphatic heterocycles. The number of carbonyl (C=O) groups is 3. The zero-order chi connectivity index (χ0) is 17.1. The Hall–Kier alpha value is -2.37. The van der Waals surface area contributed by atoms with Crippen molar-refractivity contribution in [2.75, 3.05) is 6.54 Å². The Balaban J connectivity index is 1.40. The summed E-state index contributed by atoms with van der Waals surface area (Å²) in [4.78, 5) is 43.2. The van der Waals surface area contributed by atoms with Gasteiger partial charge in [0.1, 0.15) is 6.04 Å². The van der Waals surface area contributed by atoms with Gasteiger partial charge >= 0.3 is 6.03 Å². The minimum absolute atomic E-state index is 0.0377. The zero-order valence-corrected chi connectivity index (χ0v) is 14.0. The highest BCUT2D eigenvalue weighted by Crippen LogP contribution is 2.43.